The smallest absolute Gasteiger partial charge is 0.387 e. The summed E-state index contributed by atoms with van der Waals surface area (Å²) in [5, 5.41) is 4.01. The van der Waals surface area contributed by atoms with Gasteiger partial charge in [0, 0.05) is 6.42 Å². The molecule has 2 N–H and O–H groups in total. The maximum absolute atomic E-state index is 12.1. The lowest BCUT2D eigenvalue weighted by Gasteiger charge is -2.17. The fourth-order valence-electron chi connectivity index (χ4n) is 2.88. The summed E-state index contributed by atoms with van der Waals surface area (Å²) in [6.07, 6.45) is 5.21. The van der Waals surface area contributed by atoms with Gasteiger partial charge in [-0.05, 0) is 37.0 Å². The number of hydrogen-bond acceptors (Lipinski definition) is 5. The number of nitrogens with two attached hydrogens (primary N) is 1. The van der Waals surface area contributed by atoms with E-state index in [4.69, 9.17) is 10.3 Å². The van der Waals surface area contributed by atoms with Crippen molar-refractivity contribution in [3.05, 3.63) is 41.5 Å². The van der Waals surface area contributed by atoms with E-state index in [-0.39, 0.29) is 5.75 Å². The summed E-state index contributed by atoms with van der Waals surface area (Å²) < 4.78 is 33.8. The van der Waals surface area contributed by atoms with Crippen LogP contribution in [0, 0.1) is 0 Å². The summed E-state index contributed by atoms with van der Waals surface area (Å²) >= 11 is 0. The summed E-state index contributed by atoms with van der Waals surface area (Å²) in [5.41, 5.74) is 6.83. The zero-order valence-corrected chi connectivity index (χ0v) is 12.7. The van der Waals surface area contributed by atoms with Gasteiger partial charge in [0.1, 0.15) is 5.75 Å². The Labute approximate surface area is 132 Å². The standard InChI is InChI=1S/C16H19F2N3O2/c17-15(18)22-12-6-3-11(4-7-12)5-8-13-20-14(21-23-13)16(19)9-1-2-10-16/h3-4,6-7,15H,1-2,5,8-10,19H2. The number of hydrogen-bond donors (Lipinski definition) is 1. The maximum Gasteiger partial charge on any atom is 0.387 e. The molecule has 0 spiro atoms. The molecule has 1 fully saturated rings. The third-order valence-corrected chi connectivity index (χ3v) is 4.19. The van der Waals surface area contributed by atoms with Crippen LogP contribution in [0.2, 0.25) is 0 Å². The first kappa shape index (κ1) is 15.9. The van der Waals surface area contributed by atoms with Crippen LogP contribution in [0.3, 0.4) is 0 Å². The van der Waals surface area contributed by atoms with Gasteiger partial charge in [-0.2, -0.15) is 13.8 Å². The molecule has 0 radical (unpaired) electrons. The molecule has 0 aliphatic heterocycles. The summed E-state index contributed by atoms with van der Waals surface area (Å²) in [4.78, 5) is 4.41. The van der Waals surface area contributed by atoms with E-state index in [0.29, 0.717) is 24.6 Å². The number of aryl methyl sites for hydroxylation is 2. The Kier molecular flexibility index (Phi) is 4.56. The van der Waals surface area contributed by atoms with Crippen molar-refractivity contribution in [3.8, 4) is 5.75 Å². The van der Waals surface area contributed by atoms with Gasteiger partial charge in [0.2, 0.25) is 5.89 Å². The van der Waals surface area contributed by atoms with Crippen LogP contribution < -0.4 is 10.5 Å². The van der Waals surface area contributed by atoms with Crippen molar-refractivity contribution >= 4 is 0 Å². The Morgan fingerprint density at radius 2 is 1.87 bits per heavy atom. The molecule has 124 valence electrons. The van der Waals surface area contributed by atoms with Gasteiger partial charge in [-0.15, -0.1) is 0 Å². The van der Waals surface area contributed by atoms with E-state index < -0.39 is 12.2 Å². The van der Waals surface area contributed by atoms with E-state index in [1.807, 2.05) is 0 Å². The van der Waals surface area contributed by atoms with Gasteiger partial charge >= 0.3 is 6.61 Å². The summed E-state index contributed by atoms with van der Waals surface area (Å²) in [6.45, 7) is -2.81. The lowest BCUT2D eigenvalue weighted by molar-refractivity contribution is -0.0498. The molecule has 0 unspecified atom stereocenters. The molecule has 0 amide bonds. The van der Waals surface area contributed by atoms with E-state index in [1.54, 1.807) is 12.1 Å². The molecule has 5 nitrogen and oxygen atoms in total. The number of ether oxygens (including phenoxy) is 1. The van der Waals surface area contributed by atoms with E-state index in [2.05, 4.69) is 14.9 Å². The molecule has 1 aromatic carbocycles. The first-order valence-corrected chi connectivity index (χ1v) is 7.71. The average molecular weight is 323 g/mol. The molecule has 2 aromatic rings. The predicted octanol–water partition coefficient (Wildman–Crippen LogP) is 3.18. The second-order valence-corrected chi connectivity index (χ2v) is 5.90. The first-order chi connectivity index (χ1) is 11.0. The van der Waals surface area contributed by atoms with Gasteiger partial charge in [-0.25, -0.2) is 0 Å². The molecule has 23 heavy (non-hydrogen) atoms. The Hall–Kier alpha value is -2.02. The van der Waals surface area contributed by atoms with Crippen molar-refractivity contribution in [1.82, 2.24) is 10.1 Å². The lowest BCUT2D eigenvalue weighted by Crippen LogP contribution is -2.34. The predicted molar refractivity (Wildman–Crippen MR) is 79.1 cm³/mol. The zero-order valence-electron chi connectivity index (χ0n) is 12.7. The Bertz CT molecular complexity index is 637. The maximum atomic E-state index is 12.1. The third kappa shape index (κ3) is 3.85. The van der Waals surface area contributed by atoms with Gasteiger partial charge in [-0.1, -0.05) is 30.1 Å². The van der Waals surface area contributed by atoms with Gasteiger partial charge in [-0.3, -0.25) is 0 Å². The van der Waals surface area contributed by atoms with Crippen LogP contribution in [0.1, 0.15) is 43.0 Å². The zero-order chi connectivity index (χ0) is 16.3. The molecule has 3 rings (SSSR count). The molecular formula is C16H19F2N3O2. The molecule has 0 bridgehead atoms. The van der Waals surface area contributed by atoms with E-state index in [1.165, 1.54) is 12.1 Å². The third-order valence-electron chi connectivity index (χ3n) is 4.19. The minimum Gasteiger partial charge on any atom is -0.435 e. The molecule has 7 heteroatoms. The highest BCUT2D eigenvalue weighted by Crippen LogP contribution is 2.34. The van der Waals surface area contributed by atoms with Gasteiger partial charge in [0.25, 0.3) is 0 Å². The Morgan fingerprint density at radius 3 is 2.52 bits per heavy atom. The second-order valence-electron chi connectivity index (χ2n) is 5.90. The van der Waals surface area contributed by atoms with Gasteiger partial charge in [0.15, 0.2) is 5.82 Å². The molecule has 0 atom stereocenters. The topological polar surface area (TPSA) is 74.2 Å². The average Bonchev–Trinajstić information content (AvgIpc) is 3.16. The van der Waals surface area contributed by atoms with E-state index in [9.17, 15) is 8.78 Å². The number of halogens is 2. The normalized spacial score (nSPS) is 16.9. The summed E-state index contributed by atoms with van der Waals surface area (Å²) in [7, 11) is 0. The van der Waals surface area contributed by atoms with Crippen molar-refractivity contribution in [2.24, 2.45) is 5.73 Å². The number of nitrogens with zero attached hydrogens (tertiary/aromatic N) is 2. The van der Waals surface area contributed by atoms with E-state index in [0.717, 1.165) is 31.2 Å². The quantitative estimate of drug-likeness (QED) is 0.884. The van der Waals surface area contributed by atoms with Crippen LogP contribution in [-0.4, -0.2) is 16.8 Å². The second kappa shape index (κ2) is 6.62. The molecular weight excluding hydrogens is 304 g/mol. The van der Waals surface area contributed by atoms with Crippen LogP contribution in [0.15, 0.2) is 28.8 Å². The van der Waals surface area contributed by atoms with Crippen LogP contribution in [-0.2, 0) is 18.4 Å². The Balaban J connectivity index is 1.57. The molecule has 1 aliphatic carbocycles. The van der Waals surface area contributed by atoms with Crippen LogP contribution in [0.25, 0.3) is 0 Å². The Morgan fingerprint density at radius 1 is 1.17 bits per heavy atom. The van der Waals surface area contributed by atoms with E-state index >= 15 is 0 Å². The summed E-state index contributed by atoms with van der Waals surface area (Å²) in [6, 6.07) is 6.54. The first-order valence-electron chi connectivity index (χ1n) is 7.71. The van der Waals surface area contributed by atoms with Crippen molar-refractivity contribution < 1.29 is 18.0 Å². The van der Waals surface area contributed by atoms with Gasteiger partial charge < -0.3 is 15.0 Å². The minimum atomic E-state index is -2.81. The highest BCUT2D eigenvalue weighted by molar-refractivity contribution is 5.27. The van der Waals surface area contributed by atoms with Crippen molar-refractivity contribution in [2.45, 2.75) is 50.7 Å². The molecule has 1 aromatic heterocycles. The van der Waals surface area contributed by atoms with Crippen LogP contribution in [0.5, 0.6) is 5.75 Å². The van der Waals surface area contributed by atoms with Crippen LogP contribution >= 0.6 is 0 Å². The monoisotopic (exact) mass is 323 g/mol. The molecule has 1 aliphatic rings. The van der Waals surface area contributed by atoms with Crippen molar-refractivity contribution in [1.29, 1.82) is 0 Å². The van der Waals surface area contributed by atoms with Gasteiger partial charge in [0.05, 0.1) is 5.54 Å². The molecule has 0 saturated heterocycles. The SMILES string of the molecule is NC1(c2noc(CCc3ccc(OC(F)F)cc3)n2)CCCC1. The molecule has 1 saturated carbocycles. The highest BCUT2D eigenvalue weighted by Gasteiger charge is 2.35. The van der Waals surface area contributed by atoms with Crippen LogP contribution in [0.4, 0.5) is 8.78 Å². The fourth-order valence-corrected chi connectivity index (χ4v) is 2.88. The number of rotatable bonds is 6. The van der Waals surface area contributed by atoms with Crippen molar-refractivity contribution in [3.63, 3.8) is 0 Å². The minimum absolute atomic E-state index is 0.148. The number of alkyl halides is 2. The lowest BCUT2D eigenvalue weighted by atomic mass is 9.99. The fraction of sp³-hybridized carbons (Fsp3) is 0.500. The van der Waals surface area contributed by atoms with Crippen molar-refractivity contribution in [2.75, 3.05) is 0 Å². The largest absolute Gasteiger partial charge is 0.435 e. The summed E-state index contributed by atoms with van der Waals surface area (Å²) in [5.74, 6) is 1.28. The highest BCUT2D eigenvalue weighted by atomic mass is 19.3. The molecule has 1 heterocycles. The number of aromatic nitrogens is 2. The number of benzene rings is 1.